The van der Waals surface area contributed by atoms with Crippen LogP contribution in [0, 0.1) is 0 Å². The van der Waals surface area contributed by atoms with Crippen molar-refractivity contribution in [2.75, 3.05) is 13.1 Å². The molecule has 1 saturated heterocycles. The molecule has 1 aromatic heterocycles. The minimum atomic E-state index is -0.373. The van der Waals surface area contributed by atoms with Gasteiger partial charge in [-0.25, -0.2) is 0 Å². The summed E-state index contributed by atoms with van der Waals surface area (Å²) < 4.78 is 1.60. The first-order valence-electron chi connectivity index (χ1n) is 4.64. The van der Waals surface area contributed by atoms with Gasteiger partial charge in [-0.2, -0.15) is 5.10 Å². The molecular weight excluding hydrogens is 182 g/mol. The van der Waals surface area contributed by atoms with Crippen LogP contribution in [0.15, 0.2) is 12.3 Å². The van der Waals surface area contributed by atoms with E-state index in [4.69, 9.17) is 0 Å². The number of carbonyl (C=O) groups excluding carboxylic acids is 1. The predicted octanol–water partition coefficient (Wildman–Crippen LogP) is -0.373. The highest BCUT2D eigenvalue weighted by atomic mass is 16.3. The number of carbonyl (C=O) groups is 1. The highest BCUT2D eigenvalue weighted by Crippen LogP contribution is 2.11. The van der Waals surface area contributed by atoms with Gasteiger partial charge in [-0.05, 0) is 12.5 Å². The molecule has 5 heteroatoms. The highest BCUT2D eigenvalue weighted by Gasteiger charge is 2.26. The number of aliphatic hydroxyl groups is 1. The molecule has 0 saturated carbocycles. The molecule has 1 aromatic rings. The largest absolute Gasteiger partial charge is 0.391 e. The Labute approximate surface area is 81.9 Å². The number of aliphatic hydroxyl groups excluding tert-OH is 1. The molecule has 1 fully saturated rings. The van der Waals surface area contributed by atoms with Gasteiger partial charge in [-0.1, -0.05) is 0 Å². The van der Waals surface area contributed by atoms with Crippen LogP contribution in [0.2, 0.25) is 0 Å². The Morgan fingerprint density at radius 3 is 3.00 bits per heavy atom. The second-order valence-electron chi connectivity index (χ2n) is 3.57. The average molecular weight is 195 g/mol. The van der Waals surface area contributed by atoms with E-state index < -0.39 is 0 Å². The standard InChI is InChI=1S/C9H13N3O2/c1-11-4-3-8(10-11)9(14)12-5-2-7(13)6-12/h3-4,7,13H,2,5-6H2,1H3/t7-/m0/s1. The van der Waals surface area contributed by atoms with Crippen molar-refractivity contribution >= 4 is 5.91 Å². The second-order valence-corrected chi connectivity index (χ2v) is 3.57. The third kappa shape index (κ3) is 1.63. The molecule has 0 bridgehead atoms. The number of aromatic nitrogens is 2. The molecule has 0 radical (unpaired) electrons. The zero-order valence-corrected chi connectivity index (χ0v) is 8.05. The number of amides is 1. The minimum absolute atomic E-state index is 0.0952. The normalized spacial score (nSPS) is 21.6. The van der Waals surface area contributed by atoms with Gasteiger partial charge in [-0.15, -0.1) is 0 Å². The van der Waals surface area contributed by atoms with Crippen LogP contribution in [0.4, 0.5) is 0 Å². The van der Waals surface area contributed by atoms with Crippen molar-refractivity contribution in [3.8, 4) is 0 Å². The van der Waals surface area contributed by atoms with Crippen molar-refractivity contribution in [3.63, 3.8) is 0 Å². The molecule has 76 valence electrons. The summed E-state index contributed by atoms with van der Waals surface area (Å²) in [6, 6.07) is 1.69. The van der Waals surface area contributed by atoms with E-state index in [9.17, 15) is 9.90 Å². The molecule has 0 spiro atoms. The van der Waals surface area contributed by atoms with Gasteiger partial charge >= 0.3 is 0 Å². The highest BCUT2D eigenvalue weighted by molar-refractivity contribution is 5.92. The van der Waals surface area contributed by atoms with E-state index in [1.54, 1.807) is 28.9 Å². The van der Waals surface area contributed by atoms with E-state index in [2.05, 4.69) is 5.10 Å². The Morgan fingerprint density at radius 2 is 2.50 bits per heavy atom. The number of β-amino-alcohol motifs (C(OH)–C–C–N with tert-alkyl or cyclic N) is 1. The van der Waals surface area contributed by atoms with Crippen molar-refractivity contribution in [2.45, 2.75) is 12.5 Å². The van der Waals surface area contributed by atoms with E-state index in [0.717, 1.165) is 0 Å². The van der Waals surface area contributed by atoms with E-state index >= 15 is 0 Å². The molecule has 1 amide bonds. The van der Waals surface area contributed by atoms with Crippen molar-refractivity contribution < 1.29 is 9.90 Å². The Kier molecular flexibility index (Phi) is 2.25. The van der Waals surface area contributed by atoms with E-state index in [0.29, 0.717) is 25.2 Å². The lowest BCUT2D eigenvalue weighted by molar-refractivity contribution is 0.0758. The summed E-state index contributed by atoms with van der Waals surface area (Å²) in [6.07, 6.45) is 2.03. The van der Waals surface area contributed by atoms with E-state index in [-0.39, 0.29) is 12.0 Å². The fourth-order valence-corrected chi connectivity index (χ4v) is 1.62. The molecule has 1 aliphatic heterocycles. The Balaban J connectivity index is 2.09. The Bertz CT molecular complexity index is 348. The van der Waals surface area contributed by atoms with Crippen LogP contribution in [0.5, 0.6) is 0 Å². The zero-order chi connectivity index (χ0) is 10.1. The maximum atomic E-state index is 11.7. The lowest BCUT2D eigenvalue weighted by Crippen LogP contribution is -2.29. The van der Waals surface area contributed by atoms with E-state index in [1.165, 1.54) is 0 Å². The van der Waals surface area contributed by atoms with Gasteiger partial charge in [0.15, 0.2) is 0 Å². The maximum absolute atomic E-state index is 11.7. The van der Waals surface area contributed by atoms with Gasteiger partial charge < -0.3 is 10.0 Å². The SMILES string of the molecule is Cn1ccc(C(=O)N2CC[C@H](O)C2)n1. The van der Waals surface area contributed by atoms with Gasteiger partial charge in [0.1, 0.15) is 5.69 Å². The monoisotopic (exact) mass is 195 g/mol. The van der Waals surface area contributed by atoms with Crippen LogP contribution in [-0.2, 0) is 7.05 Å². The first kappa shape index (κ1) is 9.21. The summed E-state index contributed by atoms with van der Waals surface area (Å²) in [7, 11) is 1.77. The van der Waals surface area contributed by atoms with Crippen LogP contribution in [0.25, 0.3) is 0 Å². The average Bonchev–Trinajstić information content (AvgIpc) is 2.73. The molecule has 2 heterocycles. The van der Waals surface area contributed by atoms with Crippen LogP contribution in [-0.4, -0.2) is 44.9 Å². The second kappa shape index (κ2) is 3.42. The number of aryl methyl sites for hydroxylation is 1. The molecule has 5 nitrogen and oxygen atoms in total. The van der Waals surface area contributed by atoms with Gasteiger partial charge in [0.2, 0.25) is 0 Å². The molecule has 1 atom stereocenters. The van der Waals surface area contributed by atoms with Gasteiger partial charge in [0.05, 0.1) is 6.10 Å². The lowest BCUT2D eigenvalue weighted by Gasteiger charge is -2.13. The summed E-state index contributed by atoms with van der Waals surface area (Å²) >= 11 is 0. The molecular formula is C9H13N3O2. The summed E-state index contributed by atoms with van der Waals surface area (Å²) in [5, 5.41) is 13.3. The number of likely N-dealkylation sites (tertiary alicyclic amines) is 1. The smallest absolute Gasteiger partial charge is 0.274 e. The predicted molar refractivity (Wildman–Crippen MR) is 49.7 cm³/mol. The summed E-state index contributed by atoms with van der Waals surface area (Å²) in [6.45, 7) is 1.05. The molecule has 0 aliphatic carbocycles. The van der Waals surface area contributed by atoms with Gasteiger partial charge in [0, 0.05) is 26.3 Å². The quantitative estimate of drug-likeness (QED) is 0.665. The Hall–Kier alpha value is -1.36. The topological polar surface area (TPSA) is 58.4 Å². The van der Waals surface area contributed by atoms with E-state index in [1.807, 2.05) is 0 Å². The summed E-state index contributed by atoms with van der Waals surface area (Å²) in [5.41, 5.74) is 0.446. The number of rotatable bonds is 1. The molecule has 1 N–H and O–H groups in total. The first-order chi connectivity index (χ1) is 6.66. The van der Waals surface area contributed by atoms with Crippen molar-refractivity contribution in [3.05, 3.63) is 18.0 Å². The number of nitrogens with zero attached hydrogens (tertiary/aromatic N) is 3. The summed E-state index contributed by atoms with van der Waals surface area (Å²) in [4.78, 5) is 13.4. The van der Waals surface area contributed by atoms with Gasteiger partial charge in [0.25, 0.3) is 5.91 Å². The fourth-order valence-electron chi connectivity index (χ4n) is 1.62. The number of hydrogen-bond acceptors (Lipinski definition) is 3. The van der Waals surface area contributed by atoms with Crippen molar-refractivity contribution in [1.29, 1.82) is 0 Å². The van der Waals surface area contributed by atoms with Crippen LogP contribution in [0.1, 0.15) is 16.9 Å². The van der Waals surface area contributed by atoms with Crippen molar-refractivity contribution in [2.24, 2.45) is 7.05 Å². The van der Waals surface area contributed by atoms with Gasteiger partial charge in [-0.3, -0.25) is 9.48 Å². The molecule has 2 rings (SSSR count). The molecule has 0 aromatic carbocycles. The molecule has 1 aliphatic rings. The third-order valence-electron chi connectivity index (χ3n) is 2.38. The Morgan fingerprint density at radius 1 is 1.71 bits per heavy atom. The fraction of sp³-hybridized carbons (Fsp3) is 0.556. The third-order valence-corrected chi connectivity index (χ3v) is 2.38. The number of hydrogen-bond donors (Lipinski definition) is 1. The van der Waals surface area contributed by atoms with Crippen molar-refractivity contribution in [1.82, 2.24) is 14.7 Å². The zero-order valence-electron chi connectivity index (χ0n) is 8.05. The first-order valence-corrected chi connectivity index (χ1v) is 4.64. The molecule has 14 heavy (non-hydrogen) atoms. The summed E-state index contributed by atoms with van der Waals surface area (Å²) in [5.74, 6) is -0.0952. The minimum Gasteiger partial charge on any atom is -0.391 e. The van der Waals surface area contributed by atoms with Crippen LogP contribution >= 0.6 is 0 Å². The van der Waals surface area contributed by atoms with Crippen LogP contribution in [0.3, 0.4) is 0 Å². The van der Waals surface area contributed by atoms with Crippen LogP contribution < -0.4 is 0 Å². The lowest BCUT2D eigenvalue weighted by atomic mass is 10.3. The maximum Gasteiger partial charge on any atom is 0.274 e. The molecule has 0 unspecified atom stereocenters.